The highest BCUT2D eigenvalue weighted by molar-refractivity contribution is 5.98. The maximum absolute atomic E-state index is 14.0. The van der Waals surface area contributed by atoms with E-state index in [4.69, 9.17) is 33.8 Å². The number of aliphatic carboxylic acids is 1. The molecule has 20 N–H and O–H groups in total. The van der Waals surface area contributed by atoms with E-state index in [2.05, 4.69) is 52.8 Å². The van der Waals surface area contributed by atoms with Crippen molar-refractivity contribution in [1.82, 2.24) is 47.9 Å². The van der Waals surface area contributed by atoms with Gasteiger partial charge in [-0.3, -0.25) is 57.7 Å². The lowest BCUT2D eigenvalue weighted by Crippen LogP contribution is -2.59. The molecule has 0 aromatic rings. The van der Waals surface area contributed by atoms with E-state index in [1.54, 1.807) is 41.5 Å². The summed E-state index contributed by atoms with van der Waals surface area (Å²) in [5, 5.41) is 31.6. The molecule has 0 fully saturated rings. The van der Waals surface area contributed by atoms with Gasteiger partial charge in [-0.15, -0.1) is 0 Å². The number of amides is 10. The number of aliphatic imine (C=N–C) groups is 1. The minimum Gasteiger partial charge on any atom is -0.480 e. The first kappa shape index (κ1) is 65.4. The Bertz CT molecular complexity index is 1880. The number of primary amides is 1. The topological polar surface area (TPSA) is 459 Å². The second kappa shape index (κ2) is 33.9. The van der Waals surface area contributed by atoms with Gasteiger partial charge in [0.05, 0.1) is 12.6 Å². The molecule has 0 heterocycles. The first-order valence-corrected chi connectivity index (χ1v) is 24.2. The molecule has 0 aromatic carbocycles. The highest BCUT2D eigenvalue weighted by Gasteiger charge is 2.33. The van der Waals surface area contributed by atoms with Gasteiger partial charge in [0.25, 0.3) is 0 Å². The second-order valence-corrected chi connectivity index (χ2v) is 18.9. The van der Waals surface area contributed by atoms with Crippen molar-refractivity contribution in [2.45, 2.75) is 174 Å². The third-order valence-corrected chi connectivity index (χ3v) is 10.8. The van der Waals surface area contributed by atoms with Crippen molar-refractivity contribution < 1.29 is 57.8 Å². The largest absolute Gasteiger partial charge is 0.480 e. The molecule has 410 valence electrons. The number of unbranched alkanes of at least 4 members (excludes halogenated alkanes) is 1. The number of hydrogen-bond donors (Lipinski definition) is 15. The standard InChI is InChI=1S/C45H83N15O12/c1-22(2)19-31(39(66)52-21-34(62)60-35(24(5)6)43(70)55-27(9)44(71)72)59-41(68)30(15-16-33(48)61)57-40(67)29(14-12-18-51-45(49)50)56-36(63)26(8)54-42(69)32(20-23(3)4)58-37(64)25(7)53-38(65)28(47)13-10-11-17-46/h22-32,35H,10-21,46-47H2,1-9H3,(H2,48,61)(H,52,66)(H,53,65)(H,54,69)(H,55,70)(H,56,63)(H,57,67)(H,58,64)(H,59,68)(H,60,62)(H,71,72)(H4,49,50,51)/t25-,26-,27-,28-,29-,30-,31-,32-,35-/m0/s1. The minimum atomic E-state index is -1.51. The quantitative estimate of drug-likeness (QED) is 0.0162. The maximum Gasteiger partial charge on any atom is 0.325 e. The van der Waals surface area contributed by atoms with Gasteiger partial charge in [-0.1, -0.05) is 48.0 Å². The number of nitrogens with zero attached hydrogens (tertiary/aromatic N) is 1. The van der Waals surface area contributed by atoms with E-state index in [9.17, 15) is 52.7 Å². The number of rotatable bonds is 35. The van der Waals surface area contributed by atoms with Crippen molar-refractivity contribution >= 4 is 71.0 Å². The van der Waals surface area contributed by atoms with E-state index in [-0.39, 0.29) is 56.4 Å². The second-order valence-electron chi connectivity index (χ2n) is 18.9. The summed E-state index contributed by atoms with van der Waals surface area (Å²) in [4.78, 5) is 147. The van der Waals surface area contributed by atoms with Crippen LogP contribution in [-0.2, 0) is 52.7 Å². The Hall–Kier alpha value is -6.64. The van der Waals surface area contributed by atoms with Crippen LogP contribution in [0.1, 0.15) is 120 Å². The predicted octanol–water partition coefficient (Wildman–Crippen LogP) is -4.35. The summed E-state index contributed by atoms with van der Waals surface area (Å²) in [7, 11) is 0. The Morgan fingerprint density at radius 3 is 1.44 bits per heavy atom. The molecule has 0 radical (unpaired) electrons. The Morgan fingerprint density at radius 2 is 0.958 bits per heavy atom. The van der Waals surface area contributed by atoms with Crippen LogP contribution in [0.15, 0.2) is 4.99 Å². The van der Waals surface area contributed by atoms with Crippen molar-refractivity contribution in [2.24, 2.45) is 51.4 Å². The van der Waals surface area contributed by atoms with Gasteiger partial charge in [-0.05, 0) is 90.0 Å². The number of carboxylic acid groups (broad SMARTS) is 1. The van der Waals surface area contributed by atoms with Crippen molar-refractivity contribution in [2.75, 3.05) is 19.6 Å². The van der Waals surface area contributed by atoms with Crippen molar-refractivity contribution in [1.29, 1.82) is 0 Å². The van der Waals surface area contributed by atoms with E-state index >= 15 is 0 Å². The fraction of sp³-hybridized carbons (Fsp3) is 0.733. The average Bonchev–Trinajstić information content (AvgIpc) is 3.28. The van der Waals surface area contributed by atoms with E-state index in [0.717, 1.165) is 0 Å². The van der Waals surface area contributed by atoms with E-state index in [1.165, 1.54) is 20.8 Å². The molecule has 0 aliphatic heterocycles. The van der Waals surface area contributed by atoms with Crippen molar-refractivity contribution in [3.05, 3.63) is 0 Å². The van der Waals surface area contributed by atoms with Crippen LogP contribution in [0.2, 0.25) is 0 Å². The lowest BCUT2D eigenvalue weighted by Gasteiger charge is -2.27. The van der Waals surface area contributed by atoms with Gasteiger partial charge in [0, 0.05) is 13.0 Å². The number of nitrogens with one attached hydrogen (secondary N) is 9. The highest BCUT2D eigenvalue weighted by atomic mass is 16.4. The number of carbonyl (C=O) groups excluding carboxylic acids is 10. The summed E-state index contributed by atoms with van der Waals surface area (Å²) in [5.41, 5.74) is 27.8. The number of hydrogen-bond acceptors (Lipinski definition) is 14. The monoisotopic (exact) mass is 1030 g/mol. The molecule has 0 unspecified atom stereocenters. The number of nitrogens with two attached hydrogens (primary N) is 5. The molecule has 0 spiro atoms. The smallest absolute Gasteiger partial charge is 0.325 e. The summed E-state index contributed by atoms with van der Waals surface area (Å²) < 4.78 is 0. The Kier molecular flexibility index (Phi) is 30.7. The number of carbonyl (C=O) groups is 11. The molecule has 72 heavy (non-hydrogen) atoms. The first-order valence-electron chi connectivity index (χ1n) is 24.2. The van der Waals surface area contributed by atoms with Crippen LogP contribution in [0.5, 0.6) is 0 Å². The molecular weight excluding hydrogens is 943 g/mol. The molecule has 0 saturated heterocycles. The Morgan fingerprint density at radius 1 is 0.500 bits per heavy atom. The van der Waals surface area contributed by atoms with Crippen LogP contribution in [0.4, 0.5) is 0 Å². The molecule has 0 aliphatic carbocycles. The van der Waals surface area contributed by atoms with Crippen LogP contribution >= 0.6 is 0 Å². The highest BCUT2D eigenvalue weighted by Crippen LogP contribution is 2.10. The maximum atomic E-state index is 14.0. The third kappa shape index (κ3) is 27.1. The van der Waals surface area contributed by atoms with E-state index < -0.39 is 138 Å². The fourth-order valence-corrected chi connectivity index (χ4v) is 6.69. The van der Waals surface area contributed by atoms with Gasteiger partial charge in [-0.25, -0.2) is 0 Å². The van der Waals surface area contributed by atoms with Crippen LogP contribution in [0.25, 0.3) is 0 Å². The van der Waals surface area contributed by atoms with Gasteiger partial charge in [-0.2, -0.15) is 0 Å². The molecule has 0 aromatic heterocycles. The van der Waals surface area contributed by atoms with Crippen molar-refractivity contribution in [3.63, 3.8) is 0 Å². The zero-order chi connectivity index (χ0) is 55.4. The van der Waals surface area contributed by atoms with Crippen LogP contribution in [0.3, 0.4) is 0 Å². The van der Waals surface area contributed by atoms with Crippen LogP contribution in [0, 0.1) is 17.8 Å². The SMILES string of the molecule is CC(C)C[C@H](NC(=O)[C@H](C)NC(=O)[C@@H](N)CCCCN)C(=O)N[C@@H](C)C(=O)N[C@@H](CCCN=C(N)N)C(=O)N[C@@H](CCC(N)=O)C(=O)N[C@@H](CC(C)C)C(=O)NCC(=O)N[C@H](C(=O)N[C@@H](C)C(=O)O)C(C)C. The van der Waals surface area contributed by atoms with Crippen molar-refractivity contribution in [3.8, 4) is 0 Å². The molecule has 0 aliphatic rings. The summed E-state index contributed by atoms with van der Waals surface area (Å²) in [6, 6.07) is -11.0. The van der Waals surface area contributed by atoms with Crippen LogP contribution in [-0.4, -0.2) is 150 Å². The lowest BCUT2D eigenvalue weighted by molar-refractivity contribution is -0.142. The van der Waals surface area contributed by atoms with Gasteiger partial charge in [0.2, 0.25) is 59.1 Å². The van der Waals surface area contributed by atoms with E-state index in [0.29, 0.717) is 25.8 Å². The predicted molar refractivity (Wildman–Crippen MR) is 266 cm³/mol. The zero-order valence-corrected chi connectivity index (χ0v) is 43.2. The van der Waals surface area contributed by atoms with Crippen LogP contribution < -0.4 is 76.5 Å². The number of guanidine groups is 1. The fourth-order valence-electron chi connectivity index (χ4n) is 6.69. The molecule has 9 atom stereocenters. The number of carboxylic acids is 1. The molecule has 10 amide bonds. The van der Waals surface area contributed by atoms with Gasteiger partial charge in [0.15, 0.2) is 5.96 Å². The molecule has 0 saturated carbocycles. The normalized spacial score (nSPS) is 14.9. The van der Waals surface area contributed by atoms with Gasteiger partial charge in [0.1, 0.15) is 48.3 Å². The molecular formula is C45H83N15O12. The Balaban J connectivity index is 6.29. The summed E-state index contributed by atoms with van der Waals surface area (Å²) in [6.45, 7) is 14.2. The third-order valence-electron chi connectivity index (χ3n) is 10.8. The summed E-state index contributed by atoms with van der Waals surface area (Å²) in [6.07, 6.45) is 1.09. The molecule has 0 bridgehead atoms. The average molecular weight is 1030 g/mol. The Labute approximate surface area is 421 Å². The molecule has 27 nitrogen and oxygen atoms in total. The first-order chi connectivity index (χ1) is 33.5. The molecule has 0 rings (SSSR count). The van der Waals surface area contributed by atoms with Gasteiger partial charge < -0.3 is 81.6 Å². The lowest BCUT2D eigenvalue weighted by atomic mass is 10.0. The minimum absolute atomic E-state index is 0.0226. The molecule has 27 heteroatoms. The van der Waals surface area contributed by atoms with E-state index in [1.807, 2.05) is 0 Å². The zero-order valence-electron chi connectivity index (χ0n) is 43.2. The summed E-state index contributed by atoms with van der Waals surface area (Å²) in [5.74, 6) is -10.2. The van der Waals surface area contributed by atoms with Gasteiger partial charge >= 0.3 is 5.97 Å². The summed E-state index contributed by atoms with van der Waals surface area (Å²) >= 11 is 0.